The van der Waals surface area contributed by atoms with Crippen molar-refractivity contribution in [1.82, 2.24) is 9.78 Å². The molecule has 8 heteroatoms. The lowest BCUT2D eigenvalue weighted by atomic mass is 9.83. The second-order valence-electron chi connectivity index (χ2n) is 9.48. The normalized spacial score (nSPS) is 22.3. The van der Waals surface area contributed by atoms with E-state index in [-0.39, 0.29) is 11.7 Å². The summed E-state index contributed by atoms with van der Waals surface area (Å²) in [7, 11) is 0. The summed E-state index contributed by atoms with van der Waals surface area (Å²) < 4.78 is 8.59. The van der Waals surface area contributed by atoms with Gasteiger partial charge in [-0.15, -0.1) is 6.42 Å². The van der Waals surface area contributed by atoms with Crippen LogP contribution in [-0.4, -0.2) is 33.0 Å². The van der Waals surface area contributed by atoms with Crippen LogP contribution >= 0.6 is 0 Å². The molecule has 8 nitrogen and oxygen atoms in total. The second-order valence-corrected chi connectivity index (χ2v) is 9.48. The van der Waals surface area contributed by atoms with Crippen LogP contribution in [-0.2, 0) is 0 Å². The smallest absolute Gasteiger partial charge is 0.321 e. The number of aliphatic hydroxyl groups is 1. The average Bonchev–Trinajstić information content (AvgIpc) is 3.57. The molecule has 3 aromatic rings. The number of ether oxygens (including phenoxy) is 1. The largest absolute Gasteiger partial charge is 0.618 e. The number of carbonyl (C=O) groups excluding carboxylic acids is 1. The Balaban J connectivity index is 1.43. The molecule has 0 spiro atoms. The van der Waals surface area contributed by atoms with Crippen molar-refractivity contribution >= 4 is 22.5 Å². The van der Waals surface area contributed by atoms with Crippen molar-refractivity contribution in [3.63, 3.8) is 0 Å². The summed E-state index contributed by atoms with van der Waals surface area (Å²) in [5.74, 6) is 3.08. The number of pyridine rings is 1. The molecular formula is C26H28N4O4. The summed E-state index contributed by atoms with van der Waals surface area (Å²) >= 11 is 0. The predicted molar refractivity (Wildman–Crippen MR) is 127 cm³/mol. The van der Waals surface area contributed by atoms with Crippen molar-refractivity contribution < 1.29 is 19.4 Å². The van der Waals surface area contributed by atoms with Crippen LogP contribution in [0.3, 0.4) is 0 Å². The molecular weight excluding hydrogens is 432 g/mol. The molecule has 2 aliphatic carbocycles. The molecule has 176 valence electrons. The van der Waals surface area contributed by atoms with Gasteiger partial charge in [0.1, 0.15) is 11.4 Å². The number of nitrogens with one attached hydrogen (secondary N) is 1. The first-order valence-corrected chi connectivity index (χ1v) is 11.7. The van der Waals surface area contributed by atoms with Crippen LogP contribution in [0, 0.1) is 30.4 Å². The van der Waals surface area contributed by atoms with E-state index in [1.807, 2.05) is 23.0 Å². The van der Waals surface area contributed by atoms with E-state index in [4.69, 9.17) is 16.3 Å². The van der Waals surface area contributed by atoms with Gasteiger partial charge in [-0.1, -0.05) is 5.92 Å². The number of nitrogens with zero attached hydrogens (tertiary/aromatic N) is 3. The van der Waals surface area contributed by atoms with E-state index in [9.17, 15) is 15.1 Å². The molecule has 5 rings (SSSR count). The van der Waals surface area contributed by atoms with Gasteiger partial charge in [0.05, 0.1) is 23.9 Å². The molecule has 0 atom stereocenters. The Morgan fingerprint density at radius 1 is 1.35 bits per heavy atom. The van der Waals surface area contributed by atoms with Crippen molar-refractivity contribution in [2.75, 3.05) is 11.9 Å². The van der Waals surface area contributed by atoms with Gasteiger partial charge < -0.3 is 20.4 Å². The Morgan fingerprint density at radius 3 is 2.82 bits per heavy atom. The zero-order valence-electron chi connectivity index (χ0n) is 19.2. The number of anilines is 1. The molecule has 0 saturated heterocycles. The topological polar surface area (TPSA) is 103 Å². The third kappa shape index (κ3) is 4.44. The number of hydrogen-bond donors (Lipinski definition) is 2. The summed E-state index contributed by atoms with van der Waals surface area (Å²) in [5, 5.41) is 31.2. The van der Waals surface area contributed by atoms with Crippen molar-refractivity contribution in [3.8, 4) is 18.1 Å². The minimum atomic E-state index is -1.03. The molecule has 2 aromatic heterocycles. The van der Waals surface area contributed by atoms with E-state index in [0.29, 0.717) is 47.2 Å². The van der Waals surface area contributed by atoms with E-state index < -0.39 is 11.5 Å². The van der Waals surface area contributed by atoms with Gasteiger partial charge in [-0.2, -0.15) is 9.83 Å². The van der Waals surface area contributed by atoms with Gasteiger partial charge in [0.25, 0.3) is 5.69 Å². The van der Waals surface area contributed by atoms with Crippen molar-refractivity contribution in [2.24, 2.45) is 5.92 Å². The molecule has 2 heterocycles. The molecule has 2 saturated carbocycles. The number of fused-ring (bicyclic) bond motifs is 1. The lowest BCUT2D eigenvalue weighted by molar-refractivity contribution is -0.614. The average molecular weight is 461 g/mol. The SMILES string of the molecule is C#CC1(O)CCC(n2cc3cc(NC(=O)c4cccc(C)[n+]4[O-])c(OCC4CC4)cc3n2)CC1. The van der Waals surface area contributed by atoms with E-state index in [2.05, 4.69) is 11.2 Å². The maximum atomic E-state index is 12.9. The van der Waals surface area contributed by atoms with Gasteiger partial charge >= 0.3 is 5.91 Å². The van der Waals surface area contributed by atoms with Gasteiger partial charge in [-0.05, 0) is 56.6 Å². The number of carbonyl (C=O) groups is 1. The Bertz CT molecular complexity index is 1280. The Kier molecular flexibility index (Phi) is 5.66. The fourth-order valence-electron chi connectivity index (χ4n) is 4.42. The number of amides is 1. The monoisotopic (exact) mass is 460 g/mol. The molecule has 2 N–H and O–H groups in total. The zero-order valence-corrected chi connectivity index (χ0v) is 19.2. The van der Waals surface area contributed by atoms with Gasteiger partial charge in [-0.25, -0.2) is 0 Å². The Morgan fingerprint density at radius 2 is 2.12 bits per heavy atom. The van der Waals surface area contributed by atoms with Crippen LogP contribution in [0.1, 0.15) is 60.7 Å². The fourth-order valence-corrected chi connectivity index (χ4v) is 4.42. The zero-order chi connectivity index (χ0) is 23.9. The summed E-state index contributed by atoms with van der Waals surface area (Å²) in [4.78, 5) is 12.9. The van der Waals surface area contributed by atoms with Crippen LogP contribution < -0.4 is 14.8 Å². The van der Waals surface area contributed by atoms with E-state index in [0.717, 1.165) is 36.6 Å². The first-order valence-electron chi connectivity index (χ1n) is 11.7. The van der Waals surface area contributed by atoms with Crippen LogP contribution in [0.4, 0.5) is 5.69 Å². The first kappa shape index (κ1) is 22.2. The summed E-state index contributed by atoms with van der Waals surface area (Å²) in [6, 6.07) is 8.65. The lowest BCUT2D eigenvalue weighted by Crippen LogP contribution is -2.39. The van der Waals surface area contributed by atoms with E-state index in [1.54, 1.807) is 19.1 Å². The number of benzene rings is 1. The number of hydrogen-bond acceptors (Lipinski definition) is 5. The summed E-state index contributed by atoms with van der Waals surface area (Å²) in [6.07, 6.45) is 12.3. The Hall–Kier alpha value is -3.57. The van der Waals surface area contributed by atoms with Gasteiger partial charge in [0.15, 0.2) is 5.69 Å². The summed E-state index contributed by atoms with van der Waals surface area (Å²) in [5.41, 5.74) is 0.699. The highest BCUT2D eigenvalue weighted by Crippen LogP contribution is 2.37. The summed E-state index contributed by atoms with van der Waals surface area (Å²) in [6.45, 7) is 2.23. The minimum absolute atomic E-state index is 0.0205. The molecule has 2 fully saturated rings. The number of aryl methyl sites for hydroxylation is 1. The number of aromatic nitrogens is 3. The fraction of sp³-hybridized carbons (Fsp3) is 0.423. The molecule has 1 amide bonds. The van der Waals surface area contributed by atoms with Gasteiger partial charge in [-0.3, -0.25) is 9.48 Å². The predicted octanol–water partition coefficient (Wildman–Crippen LogP) is 3.50. The number of terminal acetylenes is 1. The quantitative estimate of drug-likeness (QED) is 0.333. The molecule has 2 aliphatic rings. The van der Waals surface area contributed by atoms with Crippen molar-refractivity contribution in [2.45, 2.75) is 57.1 Å². The second kappa shape index (κ2) is 8.65. The molecule has 0 aliphatic heterocycles. The van der Waals surface area contributed by atoms with Gasteiger partial charge in [0.2, 0.25) is 0 Å². The van der Waals surface area contributed by atoms with Crippen LogP contribution in [0.25, 0.3) is 10.9 Å². The number of rotatable bonds is 6. The lowest BCUT2D eigenvalue weighted by Gasteiger charge is -2.32. The highest BCUT2D eigenvalue weighted by Gasteiger charge is 2.32. The molecule has 34 heavy (non-hydrogen) atoms. The highest BCUT2D eigenvalue weighted by atomic mass is 16.5. The van der Waals surface area contributed by atoms with Crippen LogP contribution in [0.5, 0.6) is 5.75 Å². The van der Waals surface area contributed by atoms with Crippen LogP contribution in [0.2, 0.25) is 0 Å². The standard InChI is InChI=1S/C26H28N4O4/c1-3-26(32)11-9-20(10-12-26)29-15-19-13-22(24(14-21(19)28-29)34-16-18-7-8-18)27-25(31)23-6-4-5-17(2)30(23)33/h1,4-6,13-15,18,20,32H,7-12,16H2,2H3,(H,27,31). The van der Waals surface area contributed by atoms with Crippen LogP contribution in [0.15, 0.2) is 36.5 Å². The molecule has 1 aromatic carbocycles. The van der Waals surface area contributed by atoms with Crippen molar-refractivity contribution in [1.29, 1.82) is 0 Å². The third-order valence-electron chi connectivity index (χ3n) is 6.83. The molecule has 0 radical (unpaired) electrons. The Labute approximate surface area is 198 Å². The minimum Gasteiger partial charge on any atom is -0.618 e. The van der Waals surface area contributed by atoms with Crippen molar-refractivity contribution in [3.05, 3.63) is 53.1 Å². The maximum Gasteiger partial charge on any atom is 0.321 e. The first-order chi connectivity index (χ1) is 16.3. The molecule has 0 unspecified atom stereocenters. The maximum absolute atomic E-state index is 12.9. The third-order valence-corrected chi connectivity index (χ3v) is 6.83. The van der Waals surface area contributed by atoms with E-state index >= 15 is 0 Å². The van der Waals surface area contributed by atoms with E-state index in [1.165, 1.54) is 6.07 Å². The highest BCUT2D eigenvalue weighted by molar-refractivity contribution is 6.04. The van der Waals surface area contributed by atoms with Gasteiger partial charge in [0, 0.05) is 36.7 Å². The molecule has 0 bridgehead atoms.